The number of benzene rings is 1. The number of carbonyl (C=O) groups excluding carboxylic acids is 1. The number of ether oxygens (including phenoxy) is 2. The zero-order valence-electron chi connectivity index (χ0n) is 16.1. The lowest BCUT2D eigenvalue weighted by Gasteiger charge is -2.37. The lowest BCUT2D eigenvalue weighted by atomic mass is 9.71. The van der Waals surface area contributed by atoms with Gasteiger partial charge in [0.15, 0.2) is 0 Å². The summed E-state index contributed by atoms with van der Waals surface area (Å²) >= 11 is 0. The molecule has 1 aromatic rings. The van der Waals surface area contributed by atoms with Gasteiger partial charge >= 0.3 is 0 Å². The summed E-state index contributed by atoms with van der Waals surface area (Å²) < 4.78 is 11.0. The van der Waals surface area contributed by atoms with Crippen molar-refractivity contribution in [3.05, 3.63) is 29.8 Å². The Balaban J connectivity index is 1.89. The van der Waals surface area contributed by atoms with E-state index in [4.69, 9.17) is 9.47 Å². The molecule has 1 N–H and O–H groups in total. The minimum atomic E-state index is -0.0359. The quantitative estimate of drug-likeness (QED) is 0.742. The molecule has 4 nitrogen and oxygen atoms in total. The zero-order chi connectivity index (χ0) is 18.3. The third-order valence-corrected chi connectivity index (χ3v) is 5.11. The average molecular weight is 347 g/mol. The Morgan fingerprint density at radius 1 is 1.12 bits per heavy atom. The molecule has 25 heavy (non-hydrogen) atoms. The molecule has 0 bridgehead atoms. The lowest BCUT2D eigenvalue weighted by Crippen LogP contribution is -2.39. The maximum atomic E-state index is 12.7. The number of rotatable bonds is 7. The van der Waals surface area contributed by atoms with Gasteiger partial charge < -0.3 is 14.8 Å². The van der Waals surface area contributed by atoms with Crippen molar-refractivity contribution in [2.75, 3.05) is 19.8 Å². The Hall–Kier alpha value is -1.55. The van der Waals surface area contributed by atoms with Gasteiger partial charge in [-0.25, -0.2) is 0 Å². The van der Waals surface area contributed by atoms with Crippen LogP contribution in [0.4, 0.5) is 0 Å². The van der Waals surface area contributed by atoms with Crippen LogP contribution in [0.25, 0.3) is 0 Å². The molecule has 140 valence electrons. The maximum absolute atomic E-state index is 12.7. The second-order valence-electron chi connectivity index (χ2n) is 7.93. The Morgan fingerprint density at radius 2 is 1.80 bits per heavy atom. The van der Waals surface area contributed by atoms with E-state index in [2.05, 4.69) is 26.1 Å². The van der Waals surface area contributed by atoms with Gasteiger partial charge in [0.2, 0.25) is 0 Å². The van der Waals surface area contributed by atoms with Crippen molar-refractivity contribution in [2.24, 2.45) is 11.3 Å². The monoisotopic (exact) mass is 347 g/mol. The van der Waals surface area contributed by atoms with Crippen LogP contribution in [-0.4, -0.2) is 31.8 Å². The number of nitrogens with one attached hydrogen (secondary N) is 1. The third kappa shape index (κ3) is 6.03. The number of hydrogen-bond donors (Lipinski definition) is 1. The largest absolute Gasteiger partial charge is 0.490 e. The fourth-order valence-corrected chi connectivity index (χ4v) is 3.50. The molecule has 1 fully saturated rings. The molecule has 1 aromatic carbocycles. The first-order chi connectivity index (χ1) is 11.9. The number of carbonyl (C=O) groups is 1. The highest BCUT2D eigenvalue weighted by molar-refractivity contribution is 5.97. The molecule has 0 atom stereocenters. The van der Waals surface area contributed by atoms with Gasteiger partial charge in [-0.3, -0.25) is 4.79 Å². The minimum Gasteiger partial charge on any atom is -0.490 e. The Kier molecular flexibility index (Phi) is 7.30. The van der Waals surface area contributed by atoms with Gasteiger partial charge in [-0.1, -0.05) is 32.9 Å². The third-order valence-electron chi connectivity index (χ3n) is 5.11. The van der Waals surface area contributed by atoms with Crippen LogP contribution in [0.1, 0.15) is 63.7 Å². The first-order valence-electron chi connectivity index (χ1n) is 9.52. The van der Waals surface area contributed by atoms with Crippen LogP contribution in [0, 0.1) is 11.3 Å². The highest BCUT2D eigenvalue weighted by Gasteiger charge is 2.30. The highest BCUT2D eigenvalue weighted by Crippen LogP contribution is 2.37. The summed E-state index contributed by atoms with van der Waals surface area (Å²) in [4.78, 5) is 12.7. The van der Waals surface area contributed by atoms with Gasteiger partial charge in [0.25, 0.3) is 5.91 Å². The van der Waals surface area contributed by atoms with E-state index < -0.39 is 0 Å². The summed E-state index contributed by atoms with van der Waals surface area (Å²) in [6.45, 7) is 10.5. The van der Waals surface area contributed by atoms with Crippen LogP contribution in [0.5, 0.6) is 5.75 Å². The summed E-state index contributed by atoms with van der Waals surface area (Å²) in [5.41, 5.74) is 0.965. The first-order valence-corrected chi connectivity index (χ1v) is 9.52. The van der Waals surface area contributed by atoms with Gasteiger partial charge in [-0.05, 0) is 56.1 Å². The van der Waals surface area contributed by atoms with Gasteiger partial charge in [-0.2, -0.15) is 0 Å². The topological polar surface area (TPSA) is 47.6 Å². The van der Waals surface area contributed by atoms with Gasteiger partial charge in [-0.15, -0.1) is 0 Å². The molecule has 1 amide bonds. The van der Waals surface area contributed by atoms with E-state index in [-0.39, 0.29) is 11.9 Å². The molecule has 1 aliphatic rings. The van der Waals surface area contributed by atoms with E-state index in [0.717, 1.165) is 18.8 Å². The van der Waals surface area contributed by atoms with E-state index in [0.29, 0.717) is 36.5 Å². The zero-order valence-corrected chi connectivity index (χ0v) is 16.1. The normalized spacial score (nSPS) is 21.0. The second kappa shape index (κ2) is 9.23. The van der Waals surface area contributed by atoms with E-state index >= 15 is 0 Å². The first kappa shape index (κ1) is 19.8. The number of hydrogen-bond acceptors (Lipinski definition) is 3. The molecule has 2 rings (SSSR count). The van der Waals surface area contributed by atoms with E-state index in [1.54, 1.807) is 0 Å². The van der Waals surface area contributed by atoms with Crippen molar-refractivity contribution in [3.63, 3.8) is 0 Å². The molecular formula is C21H33NO3. The lowest BCUT2D eigenvalue weighted by molar-refractivity contribution is 0.0890. The summed E-state index contributed by atoms with van der Waals surface area (Å²) in [5.74, 6) is 1.34. The highest BCUT2D eigenvalue weighted by atomic mass is 16.5. The molecule has 1 saturated carbocycles. The predicted molar refractivity (Wildman–Crippen MR) is 101 cm³/mol. The molecule has 0 saturated heterocycles. The molecule has 0 aromatic heterocycles. The molecule has 0 radical (unpaired) electrons. The Labute approximate surface area is 152 Å². The van der Waals surface area contributed by atoms with Crippen LogP contribution in [0.3, 0.4) is 0 Å². The molecule has 4 heteroatoms. The van der Waals surface area contributed by atoms with Crippen LogP contribution in [-0.2, 0) is 4.74 Å². The van der Waals surface area contributed by atoms with Crippen molar-refractivity contribution >= 4 is 5.91 Å². The Morgan fingerprint density at radius 3 is 2.44 bits per heavy atom. The van der Waals surface area contributed by atoms with Crippen molar-refractivity contribution in [1.29, 1.82) is 0 Å². The van der Waals surface area contributed by atoms with Crippen LogP contribution in [0.15, 0.2) is 24.3 Å². The summed E-state index contributed by atoms with van der Waals surface area (Å²) in [7, 11) is 0. The van der Waals surface area contributed by atoms with E-state index in [1.807, 2.05) is 31.2 Å². The van der Waals surface area contributed by atoms with Crippen molar-refractivity contribution < 1.29 is 14.3 Å². The smallest absolute Gasteiger partial charge is 0.255 e. The summed E-state index contributed by atoms with van der Waals surface area (Å²) in [6, 6.07) is 7.70. The SMILES string of the molecule is CCOCCOc1ccccc1C(=O)NC1CCC(C(C)(C)C)CC1. The minimum absolute atomic E-state index is 0.0359. The summed E-state index contributed by atoms with van der Waals surface area (Å²) in [5, 5.41) is 3.20. The van der Waals surface area contributed by atoms with Crippen LogP contribution < -0.4 is 10.1 Å². The fourth-order valence-electron chi connectivity index (χ4n) is 3.50. The molecule has 0 aliphatic heterocycles. The summed E-state index contributed by atoms with van der Waals surface area (Å²) in [6.07, 6.45) is 4.48. The van der Waals surface area contributed by atoms with Gasteiger partial charge in [0.1, 0.15) is 12.4 Å². The predicted octanol–water partition coefficient (Wildman–Crippen LogP) is 4.44. The second-order valence-corrected chi connectivity index (χ2v) is 7.93. The van der Waals surface area contributed by atoms with Gasteiger partial charge in [0.05, 0.1) is 12.2 Å². The Bertz CT molecular complexity index is 542. The van der Waals surface area contributed by atoms with Crippen molar-refractivity contribution in [2.45, 2.75) is 59.4 Å². The molecule has 0 heterocycles. The molecule has 1 aliphatic carbocycles. The van der Waals surface area contributed by atoms with E-state index in [9.17, 15) is 4.79 Å². The maximum Gasteiger partial charge on any atom is 0.255 e. The fraction of sp³-hybridized carbons (Fsp3) is 0.667. The van der Waals surface area contributed by atoms with E-state index in [1.165, 1.54) is 12.8 Å². The standard InChI is InChI=1S/C21H33NO3/c1-5-24-14-15-25-19-9-7-6-8-18(19)20(23)22-17-12-10-16(11-13-17)21(2,3)4/h6-9,16-17H,5,10-15H2,1-4H3,(H,22,23). The van der Waals surface area contributed by atoms with Crippen molar-refractivity contribution in [1.82, 2.24) is 5.32 Å². The van der Waals surface area contributed by atoms with Crippen molar-refractivity contribution in [3.8, 4) is 5.75 Å². The van der Waals surface area contributed by atoms with Crippen LogP contribution >= 0.6 is 0 Å². The number of para-hydroxylation sites is 1. The average Bonchev–Trinajstić information content (AvgIpc) is 2.59. The number of amides is 1. The molecule has 0 spiro atoms. The molecular weight excluding hydrogens is 314 g/mol. The molecule has 0 unspecified atom stereocenters. The van der Waals surface area contributed by atoms with Crippen LogP contribution in [0.2, 0.25) is 0 Å². The van der Waals surface area contributed by atoms with Gasteiger partial charge in [0, 0.05) is 12.6 Å².